The van der Waals surface area contributed by atoms with Crippen LogP contribution in [0.4, 0.5) is 0 Å². The van der Waals surface area contributed by atoms with Gasteiger partial charge in [0.2, 0.25) is 5.91 Å². The van der Waals surface area contributed by atoms with E-state index in [1.807, 2.05) is 30.0 Å². The second-order valence-corrected chi connectivity index (χ2v) is 10.3. The van der Waals surface area contributed by atoms with Gasteiger partial charge in [-0.1, -0.05) is 12.2 Å². The van der Waals surface area contributed by atoms with Gasteiger partial charge in [-0.3, -0.25) is 14.6 Å². The van der Waals surface area contributed by atoms with E-state index >= 15 is 0 Å². The Morgan fingerprint density at radius 3 is 2.94 bits per heavy atom. The molecule has 0 saturated heterocycles. The number of thioether (sulfide) groups is 1. The summed E-state index contributed by atoms with van der Waals surface area (Å²) >= 11 is 2.01. The molecule has 0 bridgehead atoms. The average molecular weight is 478 g/mol. The van der Waals surface area contributed by atoms with Crippen molar-refractivity contribution in [2.75, 3.05) is 32.0 Å². The number of allylic oxidation sites excluding steroid dienone is 2. The number of ether oxygens (including phenoxy) is 1. The lowest BCUT2D eigenvalue weighted by Gasteiger charge is -2.17. The number of unbranched alkanes of at least 4 members (excludes halogenated alkanes) is 1. The summed E-state index contributed by atoms with van der Waals surface area (Å²) in [6.07, 6.45) is 11.5. The molecule has 1 aromatic heterocycles. The van der Waals surface area contributed by atoms with Gasteiger partial charge < -0.3 is 10.1 Å². The van der Waals surface area contributed by atoms with Crippen molar-refractivity contribution in [3.63, 3.8) is 0 Å². The molecule has 2 aromatic rings. The molecule has 0 radical (unpaired) electrons. The molecule has 1 atom stereocenters. The summed E-state index contributed by atoms with van der Waals surface area (Å²) in [5.74, 6) is 1.69. The molecule has 2 heterocycles. The first-order valence-electron chi connectivity index (χ1n) is 12.3. The second-order valence-electron chi connectivity index (χ2n) is 9.03. The van der Waals surface area contributed by atoms with E-state index in [9.17, 15) is 9.59 Å². The number of aromatic nitrogens is 1. The van der Waals surface area contributed by atoms with Crippen molar-refractivity contribution in [3.05, 3.63) is 64.5 Å². The third kappa shape index (κ3) is 5.36. The van der Waals surface area contributed by atoms with Crippen molar-refractivity contribution in [2.24, 2.45) is 10.9 Å². The quantitative estimate of drug-likeness (QED) is 0.518. The summed E-state index contributed by atoms with van der Waals surface area (Å²) in [5, 5.41) is 4.95. The Morgan fingerprint density at radius 2 is 2.06 bits per heavy atom. The van der Waals surface area contributed by atoms with Crippen LogP contribution in [0.5, 0.6) is 5.75 Å². The van der Waals surface area contributed by atoms with Crippen LogP contribution in [0.15, 0.2) is 63.9 Å². The number of rotatable bonds is 10. The number of carbonyl (C=O) groups excluding carboxylic acids is 1. The third-order valence-electron chi connectivity index (χ3n) is 6.47. The fourth-order valence-corrected chi connectivity index (χ4v) is 5.60. The fraction of sp³-hybridized carbons (Fsp3) is 0.444. The van der Waals surface area contributed by atoms with Crippen LogP contribution in [0.3, 0.4) is 0 Å². The Morgan fingerprint density at radius 1 is 1.18 bits per heavy atom. The minimum absolute atomic E-state index is 0.0124. The molecular weight excluding hydrogens is 446 g/mol. The van der Waals surface area contributed by atoms with Crippen LogP contribution in [-0.2, 0) is 0 Å². The van der Waals surface area contributed by atoms with Gasteiger partial charge in [-0.25, -0.2) is 4.57 Å². The molecule has 3 aliphatic rings. The molecule has 1 aromatic carbocycles. The van der Waals surface area contributed by atoms with Crippen molar-refractivity contribution in [1.82, 2.24) is 9.88 Å². The van der Waals surface area contributed by atoms with Crippen LogP contribution < -0.4 is 15.6 Å². The molecule has 0 amide bonds. The lowest BCUT2D eigenvalue weighted by atomic mass is 9.98. The molecule has 1 aliphatic heterocycles. The van der Waals surface area contributed by atoms with E-state index < -0.39 is 0 Å². The maximum absolute atomic E-state index is 12.6. The highest BCUT2D eigenvalue weighted by atomic mass is 32.2. The van der Waals surface area contributed by atoms with E-state index in [-0.39, 0.29) is 17.4 Å². The normalized spacial score (nSPS) is 20.5. The number of carbonyl (C=O) groups is 1. The summed E-state index contributed by atoms with van der Waals surface area (Å²) in [5.41, 5.74) is 2.95. The van der Waals surface area contributed by atoms with Gasteiger partial charge >= 0.3 is 0 Å². The number of aliphatic imine (C=N–C) groups is 1. The van der Waals surface area contributed by atoms with Gasteiger partial charge in [-0.05, 0) is 73.9 Å². The maximum Gasteiger partial charge on any atom is 0.257 e. The highest BCUT2D eigenvalue weighted by Crippen LogP contribution is 2.34. The van der Waals surface area contributed by atoms with Gasteiger partial charge in [0.15, 0.2) is 0 Å². The minimum atomic E-state index is -0.268. The smallest absolute Gasteiger partial charge is 0.257 e. The highest BCUT2D eigenvalue weighted by Gasteiger charge is 2.32. The third-order valence-corrected chi connectivity index (χ3v) is 7.68. The number of nitrogens with zero attached hydrogens (tertiary/aromatic N) is 2. The Bertz CT molecular complexity index is 1210. The van der Waals surface area contributed by atoms with Gasteiger partial charge in [-0.15, -0.1) is 11.8 Å². The molecular formula is C27H31N3O3S. The number of nitrogens with one attached hydrogen (secondary N) is 1. The Labute approximate surface area is 204 Å². The lowest BCUT2D eigenvalue weighted by Crippen LogP contribution is -2.27. The minimum Gasteiger partial charge on any atom is -0.494 e. The molecule has 1 unspecified atom stereocenters. The average Bonchev–Trinajstić information content (AvgIpc) is 3.59. The maximum atomic E-state index is 12.6. The molecule has 1 N–H and O–H groups in total. The van der Waals surface area contributed by atoms with Gasteiger partial charge in [0.1, 0.15) is 5.75 Å². The molecule has 2 aliphatic carbocycles. The number of pyridine rings is 1. The fourth-order valence-electron chi connectivity index (χ4n) is 4.45. The monoisotopic (exact) mass is 477 g/mol. The largest absolute Gasteiger partial charge is 0.494 e. The first kappa shape index (κ1) is 23.1. The SMILES string of the molecule is O=C(C1CC1)n1c(=O)ccc2ccc(OCCCCNCCN=C3C=CCC4SCC=C34)cc21. The Kier molecular flexibility index (Phi) is 7.30. The van der Waals surface area contributed by atoms with Gasteiger partial charge in [0, 0.05) is 35.6 Å². The molecule has 0 spiro atoms. The van der Waals surface area contributed by atoms with Gasteiger partial charge in [0.25, 0.3) is 5.56 Å². The molecule has 1 saturated carbocycles. The van der Waals surface area contributed by atoms with E-state index in [1.54, 1.807) is 6.07 Å². The highest BCUT2D eigenvalue weighted by molar-refractivity contribution is 8.00. The van der Waals surface area contributed by atoms with Crippen LogP contribution in [0, 0.1) is 5.92 Å². The molecule has 178 valence electrons. The van der Waals surface area contributed by atoms with Crippen molar-refractivity contribution in [2.45, 2.75) is 37.4 Å². The van der Waals surface area contributed by atoms with E-state index in [2.05, 4.69) is 23.5 Å². The van der Waals surface area contributed by atoms with Gasteiger partial charge in [-0.2, -0.15) is 0 Å². The van der Waals surface area contributed by atoms with Gasteiger partial charge in [0.05, 0.1) is 24.4 Å². The van der Waals surface area contributed by atoms with Crippen molar-refractivity contribution < 1.29 is 9.53 Å². The number of benzene rings is 1. The molecule has 5 rings (SSSR count). The summed E-state index contributed by atoms with van der Waals surface area (Å²) < 4.78 is 7.24. The second kappa shape index (κ2) is 10.7. The Balaban J connectivity index is 1.04. The molecule has 6 nitrogen and oxygen atoms in total. The van der Waals surface area contributed by atoms with Crippen LogP contribution in [0.1, 0.15) is 36.9 Å². The van der Waals surface area contributed by atoms with Crippen molar-refractivity contribution >= 4 is 34.3 Å². The summed E-state index contributed by atoms with van der Waals surface area (Å²) in [6.45, 7) is 3.20. The van der Waals surface area contributed by atoms with Crippen molar-refractivity contribution in [3.8, 4) is 5.75 Å². The van der Waals surface area contributed by atoms with E-state index in [0.29, 0.717) is 23.1 Å². The van der Waals surface area contributed by atoms with Crippen LogP contribution in [0.2, 0.25) is 0 Å². The number of fused-ring (bicyclic) bond motifs is 2. The first-order chi connectivity index (χ1) is 16.7. The summed E-state index contributed by atoms with van der Waals surface area (Å²) in [7, 11) is 0. The van der Waals surface area contributed by atoms with Crippen LogP contribution in [-0.4, -0.2) is 53.4 Å². The van der Waals surface area contributed by atoms with E-state index in [1.165, 1.54) is 16.2 Å². The topological polar surface area (TPSA) is 72.7 Å². The molecule has 1 fully saturated rings. The number of hydrogen-bond donors (Lipinski definition) is 1. The first-order valence-corrected chi connectivity index (χ1v) is 13.3. The summed E-state index contributed by atoms with van der Waals surface area (Å²) in [6, 6.07) is 8.86. The number of hydrogen-bond acceptors (Lipinski definition) is 6. The predicted octanol–water partition coefficient (Wildman–Crippen LogP) is 4.24. The van der Waals surface area contributed by atoms with E-state index in [4.69, 9.17) is 9.73 Å². The summed E-state index contributed by atoms with van der Waals surface area (Å²) in [4.78, 5) is 29.7. The lowest BCUT2D eigenvalue weighted by molar-refractivity contribution is 0.0887. The standard InChI is InChI=1S/C27H31N3O3S/c31-26-11-9-19-8-10-21(18-24(19)30(26)27(32)20-6-7-20)33-16-2-1-13-28-14-15-29-23-4-3-5-25-22(23)12-17-34-25/h3-4,8-12,18,20,25,28H,1-2,5-7,13-17H2. The molecule has 7 heteroatoms. The van der Waals surface area contributed by atoms with E-state index in [0.717, 1.165) is 68.6 Å². The zero-order valence-electron chi connectivity index (χ0n) is 19.4. The Hall–Kier alpha value is -2.64. The van der Waals surface area contributed by atoms with Crippen LogP contribution in [0.25, 0.3) is 10.9 Å². The zero-order valence-corrected chi connectivity index (χ0v) is 20.2. The predicted molar refractivity (Wildman–Crippen MR) is 140 cm³/mol. The van der Waals surface area contributed by atoms with Crippen LogP contribution >= 0.6 is 11.8 Å². The molecule has 34 heavy (non-hydrogen) atoms. The zero-order chi connectivity index (χ0) is 23.3. The van der Waals surface area contributed by atoms with Crippen molar-refractivity contribution in [1.29, 1.82) is 0 Å².